The molecule has 0 radical (unpaired) electrons. The molecule has 0 spiro atoms. The molecule has 0 atom stereocenters. The predicted molar refractivity (Wildman–Crippen MR) is 69.5 cm³/mol. The van der Waals surface area contributed by atoms with Gasteiger partial charge in [0.05, 0.1) is 16.6 Å². The average Bonchev–Trinajstić information content (AvgIpc) is 2.29. The van der Waals surface area contributed by atoms with Gasteiger partial charge >= 0.3 is 0 Å². The summed E-state index contributed by atoms with van der Waals surface area (Å²) in [6.45, 7) is 2.34. The quantitative estimate of drug-likeness (QED) is 0.894. The van der Waals surface area contributed by atoms with Crippen LogP contribution < -0.4 is 0 Å². The Hall–Kier alpha value is -0.780. The van der Waals surface area contributed by atoms with Gasteiger partial charge in [0.25, 0.3) is 5.91 Å². The normalized spacial score (nSPS) is 10.4. The minimum atomic E-state index is -0.359. The molecule has 94 valence electrons. The second kappa shape index (κ2) is 6.23. The number of hydrogen-bond donors (Lipinski definition) is 2. The molecule has 0 saturated heterocycles. The predicted octanol–water partition coefficient (Wildman–Crippen LogP) is 2.26. The monoisotopic (exact) mass is 321 g/mol. The second-order valence-corrected chi connectivity index (χ2v) is 4.68. The Morgan fingerprint density at radius 2 is 2.18 bits per heavy atom. The number of hydrogen-bond acceptors (Lipinski definition) is 3. The Kier molecular flexibility index (Phi) is 5.24. The first-order chi connectivity index (χ1) is 8.01. The maximum Gasteiger partial charge on any atom is 0.257 e. The maximum atomic E-state index is 12.1. The van der Waals surface area contributed by atoms with Gasteiger partial charge in [-0.25, -0.2) is 0 Å². The molecule has 17 heavy (non-hydrogen) atoms. The number of carbonyl (C=O) groups is 1. The largest absolute Gasteiger partial charge is 0.506 e. The number of rotatable bonds is 4. The fraction of sp³-hybridized carbons (Fsp3) is 0.364. The number of aliphatic hydroxyl groups excluding tert-OH is 1. The van der Waals surface area contributed by atoms with Gasteiger partial charge in [-0.05, 0) is 35.0 Å². The molecule has 0 aliphatic heterocycles. The smallest absolute Gasteiger partial charge is 0.257 e. The Bertz CT molecular complexity index is 425. The number of likely N-dealkylation sites (N-methyl/N-ethyl adjacent to an activating group) is 1. The molecule has 0 aromatic heterocycles. The van der Waals surface area contributed by atoms with Gasteiger partial charge in [0.15, 0.2) is 0 Å². The standard InChI is InChI=1S/C11H13BrClNO3/c1-2-14(3-4-15)11(17)8-5-7(13)6-9(12)10(8)16/h5-6,15-16H,2-4H2,1H3. The highest BCUT2D eigenvalue weighted by Gasteiger charge is 2.19. The van der Waals surface area contributed by atoms with Crippen LogP contribution in [0.2, 0.25) is 5.02 Å². The molecule has 6 heteroatoms. The van der Waals surface area contributed by atoms with Crippen molar-refractivity contribution in [2.45, 2.75) is 6.92 Å². The number of phenolic OH excluding ortho intramolecular Hbond substituents is 1. The van der Waals surface area contributed by atoms with E-state index in [1.54, 1.807) is 6.92 Å². The molecular weight excluding hydrogens is 309 g/mol. The van der Waals surface area contributed by atoms with Crippen LogP contribution in [-0.4, -0.2) is 40.7 Å². The molecule has 0 bridgehead atoms. The van der Waals surface area contributed by atoms with E-state index in [1.165, 1.54) is 17.0 Å². The van der Waals surface area contributed by atoms with Crippen LogP contribution in [0.25, 0.3) is 0 Å². The fourth-order valence-electron chi connectivity index (χ4n) is 1.42. The Morgan fingerprint density at radius 1 is 1.53 bits per heavy atom. The first kappa shape index (κ1) is 14.3. The highest BCUT2D eigenvalue weighted by molar-refractivity contribution is 9.10. The molecule has 0 heterocycles. The Labute approximate surface area is 113 Å². The summed E-state index contributed by atoms with van der Waals surface area (Å²) in [7, 11) is 0. The van der Waals surface area contributed by atoms with Crippen LogP contribution in [0.4, 0.5) is 0 Å². The van der Waals surface area contributed by atoms with Crippen molar-refractivity contribution in [3.63, 3.8) is 0 Å². The lowest BCUT2D eigenvalue weighted by Crippen LogP contribution is -2.33. The number of aliphatic hydroxyl groups is 1. The number of carbonyl (C=O) groups excluding carboxylic acids is 1. The van der Waals surface area contributed by atoms with E-state index in [-0.39, 0.29) is 30.4 Å². The molecular formula is C11H13BrClNO3. The van der Waals surface area contributed by atoms with E-state index in [0.29, 0.717) is 16.0 Å². The number of benzene rings is 1. The van der Waals surface area contributed by atoms with E-state index >= 15 is 0 Å². The zero-order valence-electron chi connectivity index (χ0n) is 9.28. The molecule has 4 nitrogen and oxygen atoms in total. The molecule has 0 unspecified atom stereocenters. The van der Waals surface area contributed by atoms with Gasteiger partial charge in [-0.2, -0.15) is 0 Å². The van der Waals surface area contributed by atoms with Crippen molar-refractivity contribution in [3.8, 4) is 5.75 Å². The van der Waals surface area contributed by atoms with Crippen LogP contribution in [0, 0.1) is 0 Å². The van der Waals surface area contributed by atoms with Crippen LogP contribution >= 0.6 is 27.5 Å². The van der Waals surface area contributed by atoms with Gasteiger partial charge in [0, 0.05) is 18.1 Å². The number of amides is 1. The SMILES string of the molecule is CCN(CCO)C(=O)c1cc(Cl)cc(Br)c1O. The highest BCUT2D eigenvalue weighted by Crippen LogP contribution is 2.32. The molecule has 1 aromatic carbocycles. The van der Waals surface area contributed by atoms with Gasteiger partial charge in [0.2, 0.25) is 0 Å². The van der Waals surface area contributed by atoms with Gasteiger partial charge in [-0.3, -0.25) is 4.79 Å². The zero-order valence-corrected chi connectivity index (χ0v) is 11.6. The van der Waals surface area contributed by atoms with E-state index in [4.69, 9.17) is 16.7 Å². The second-order valence-electron chi connectivity index (χ2n) is 3.39. The van der Waals surface area contributed by atoms with Gasteiger partial charge < -0.3 is 15.1 Å². The van der Waals surface area contributed by atoms with Crippen LogP contribution in [0.15, 0.2) is 16.6 Å². The summed E-state index contributed by atoms with van der Waals surface area (Å²) in [4.78, 5) is 13.5. The highest BCUT2D eigenvalue weighted by atomic mass is 79.9. The third kappa shape index (κ3) is 3.34. The molecule has 2 N–H and O–H groups in total. The number of phenols is 1. The lowest BCUT2D eigenvalue weighted by Gasteiger charge is -2.20. The van der Waals surface area contributed by atoms with E-state index in [1.807, 2.05) is 0 Å². The summed E-state index contributed by atoms with van der Waals surface area (Å²) < 4.78 is 0.369. The number of halogens is 2. The van der Waals surface area contributed by atoms with E-state index < -0.39 is 0 Å². The number of aromatic hydroxyl groups is 1. The van der Waals surface area contributed by atoms with E-state index in [2.05, 4.69) is 15.9 Å². The lowest BCUT2D eigenvalue weighted by molar-refractivity contribution is 0.0729. The first-order valence-corrected chi connectivity index (χ1v) is 6.26. The summed E-state index contributed by atoms with van der Waals surface area (Å²) in [5.74, 6) is -0.502. The minimum absolute atomic E-state index is 0.123. The van der Waals surface area contributed by atoms with Crippen molar-refractivity contribution in [1.29, 1.82) is 0 Å². The third-order valence-electron chi connectivity index (χ3n) is 2.30. The summed E-state index contributed by atoms with van der Waals surface area (Å²) in [6, 6.07) is 2.92. The molecule has 1 aromatic rings. The summed E-state index contributed by atoms with van der Waals surface area (Å²) >= 11 is 8.95. The van der Waals surface area contributed by atoms with Gasteiger partial charge in [-0.15, -0.1) is 0 Å². The van der Waals surface area contributed by atoms with Crippen molar-refractivity contribution >= 4 is 33.4 Å². The minimum Gasteiger partial charge on any atom is -0.506 e. The maximum absolute atomic E-state index is 12.1. The number of nitrogens with zero attached hydrogens (tertiary/aromatic N) is 1. The first-order valence-electron chi connectivity index (χ1n) is 5.09. The van der Waals surface area contributed by atoms with Crippen LogP contribution in [0.3, 0.4) is 0 Å². The van der Waals surface area contributed by atoms with Crippen LogP contribution in [-0.2, 0) is 0 Å². The van der Waals surface area contributed by atoms with Crippen molar-refractivity contribution in [2.75, 3.05) is 19.7 Å². The Morgan fingerprint density at radius 3 is 2.71 bits per heavy atom. The summed E-state index contributed by atoms with van der Waals surface area (Å²) in [5, 5.41) is 19.0. The summed E-state index contributed by atoms with van der Waals surface area (Å²) in [5.41, 5.74) is 0.125. The van der Waals surface area contributed by atoms with Crippen molar-refractivity contribution in [1.82, 2.24) is 4.90 Å². The van der Waals surface area contributed by atoms with Gasteiger partial charge in [-0.1, -0.05) is 11.6 Å². The van der Waals surface area contributed by atoms with Crippen molar-refractivity contribution < 1.29 is 15.0 Å². The van der Waals surface area contributed by atoms with Gasteiger partial charge in [0.1, 0.15) is 5.75 Å². The van der Waals surface area contributed by atoms with Crippen LogP contribution in [0.5, 0.6) is 5.75 Å². The van der Waals surface area contributed by atoms with Crippen LogP contribution in [0.1, 0.15) is 17.3 Å². The molecule has 0 saturated carbocycles. The molecule has 0 aliphatic rings. The van der Waals surface area contributed by atoms with Crippen molar-refractivity contribution in [3.05, 3.63) is 27.2 Å². The average molecular weight is 323 g/mol. The zero-order chi connectivity index (χ0) is 13.0. The molecule has 1 rings (SSSR count). The van der Waals surface area contributed by atoms with Crippen molar-refractivity contribution in [2.24, 2.45) is 0 Å². The third-order valence-corrected chi connectivity index (χ3v) is 3.12. The molecule has 0 aliphatic carbocycles. The van der Waals surface area contributed by atoms with E-state index in [9.17, 15) is 9.90 Å². The lowest BCUT2D eigenvalue weighted by atomic mass is 10.1. The topological polar surface area (TPSA) is 60.8 Å². The molecule has 1 amide bonds. The van der Waals surface area contributed by atoms with E-state index in [0.717, 1.165) is 0 Å². The Balaban J connectivity index is 3.10. The fourth-order valence-corrected chi connectivity index (χ4v) is 2.23. The molecule has 0 fully saturated rings. The summed E-state index contributed by atoms with van der Waals surface area (Å²) in [6.07, 6.45) is 0.